The van der Waals surface area contributed by atoms with Crippen LogP contribution >= 0.6 is 24.8 Å². The van der Waals surface area contributed by atoms with E-state index in [0.29, 0.717) is 19.1 Å². The monoisotopic (exact) mass is 397 g/mol. The van der Waals surface area contributed by atoms with Gasteiger partial charge in [0.1, 0.15) is 5.54 Å². The zero-order valence-electron chi connectivity index (χ0n) is 16.4. The van der Waals surface area contributed by atoms with E-state index in [-0.39, 0.29) is 42.2 Å². The number of halogens is 2. The Morgan fingerprint density at radius 3 is 2.48 bits per heavy atom. The molecule has 0 bridgehead atoms. The Morgan fingerprint density at radius 1 is 1.32 bits per heavy atom. The molecule has 1 heterocycles. The molecule has 2 N–H and O–H groups in total. The Bertz CT molecular complexity index is 437. The summed E-state index contributed by atoms with van der Waals surface area (Å²) < 4.78 is 5.73. The molecule has 0 aromatic heterocycles. The van der Waals surface area contributed by atoms with Crippen LogP contribution < -0.4 is 5.73 Å². The van der Waals surface area contributed by atoms with Gasteiger partial charge in [0.15, 0.2) is 0 Å². The van der Waals surface area contributed by atoms with Crippen molar-refractivity contribution in [3.05, 3.63) is 0 Å². The third-order valence-corrected chi connectivity index (χ3v) is 6.28. The molecule has 1 saturated carbocycles. The third-order valence-electron chi connectivity index (χ3n) is 6.28. The van der Waals surface area contributed by atoms with Crippen molar-refractivity contribution in [3.8, 4) is 0 Å². The fourth-order valence-corrected chi connectivity index (χ4v) is 4.09. The van der Waals surface area contributed by atoms with E-state index in [2.05, 4.69) is 25.8 Å². The smallest absolute Gasteiger partial charge is 0.243 e. The molecular weight excluding hydrogens is 361 g/mol. The fourth-order valence-electron chi connectivity index (χ4n) is 4.09. The van der Waals surface area contributed by atoms with Crippen molar-refractivity contribution in [3.63, 3.8) is 0 Å². The summed E-state index contributed by atoms with van der Waals surface area (Å²) in [4.78, 5) is 17.2. The van der Waals surface area contributed by atoms with Crippen LogP contribution in [-0.2, 0) is 9.53 Å². The largest absolute Gasteiger partial charge is 0.378 e. The highest BCUT2D eigenvalue weighted by Crippen LogP contribution is 2.50. The normalized spacial score (nSPS) is 31.3. The first-order valence-electron chi connectivity index (χ1n) is 9.10. The van der Waals surface area contributed by atoms with Crippen molar-refractivity contribution in [2.45, 2.75) is 70.6 Å². The maximum Gasteiger partial charge on any atom is 0.243 e. The van der Waals surface area contributed by atoms with Crippen LogP contribution in [0.1, 0.15) is 52.9 Å². The van der Waals surface area contributed by atoms with Crippen molar-refractivity contribution in [2.24, 2.45) is 11.1 Å². The summed E-state index contributed by atoms with van der Waals surface area (Å²) >= 11 is 0. The van der Waals surface area contributed by atoms with Crippen LogP contribution in [0.4, 0.5) is 0 Å². The number of amides is 1. The second kappa shape index (κ2) is 9.75. The number of hydrogen-bond donors (Lipinski definition) is 1. The summed E-state index contributed by atoms with van der Waals surface area (Å²) in [5.74, 6) is 0.0666. The minimum absolute atomic E-state index is 0. The minimum Gasteiger partial charge on any atom is -0.378 e. The molecule has 5 nitrogen and oxygen atoms in total. The van der Waals surface area contributed by atoms with E-state index in [1.54, 1.807) is 0 Å². The van der Waals surface area contributed by atoms with Crippen molar-refractivity contribution < 1.29 is 9.53 Å². The fraction of sp³-hybridized carbons (Fsp3) is 0.944. The topological polar surface area (TPSA) is 58.8 Å². The lowest BCUT2D eigenvalue weighted by atomic mass is 9.54. The quantitative estimate of drug-likeness (QED) is 0.748. The van der Waals surface area contributed by atoms with Gasteiger partial charge >= 0.3 is 0 Å². The van der Waals surface area contributed by atoms with Crippen LogP contribution in [0.3, 0.4) is 0 Å². The molecule has 1 aliphatic carbocycles. The van der Waals surface area contributed by atoms with Gasteiger partial charge in [0.05, 0.1) is 6.10 Å². The van der Waals surface area contributed by atoms with Gasteiger partial charge < -0.3 is 20.3 Å². The highest BCUT2D eigenvalue weighted by Gasteiger charge is 2.63. The van der Waals surface area contributed by atoms with Gasteiger partial charge in [0.2, 0.25) is 5.91 Å². The number of nitrogens with zero attached hydrogens (tertiary/aromatic N) is 2. The number of ether oxygens (including phenoxy) is 1. The average Bonchev–Trinajstić information content (AvgIpc) is 2.52. The van der Waals surface area contributed by atoms with Gasteiger partial charge in [-0.05, 0) is 39.8 Å². The molecule has 1 amide bonds. The van der Waals surface area contributed by atoms with E-state index in [4.69, 9.17) is 10.5 Å². The summed E-state index contributed by atoms with van der Waals surface area (Å²) in [6, 6.07) is 0.596. The molecule has 2 fully saturated rings. The van der Waals surface area contributed by atoms with E-state index >= 15 is 0 Å². The zero-order chi connectivity index (χ0) is 17.3. The number of carbonyl (C=O) groups excluding carboxylic acids is 1. The van der Waals surface area contributed by atoms with E-state index in [9.17, 15) is 4.79 Å². The number of likely N-dealkylation sites (N-methyl/N-ethyl adjacent to an activating group) is 1. The van der Waals surface area contributed by atoms with Crippen molar-refractivity contribution in [1.82, 2.24) is 9.80 Å². The standard InChI is InChI=1S/C18H35N3O2.2ClH/c1-6-23-15-13-18(19,17(15,2)3)16(22)21(5)12-10-14-9-7-8-11-20(14)4;;/h14-15H,6-13,19H2,1-5H3;2*1H. The lowest BCUT2D eigenvalue weighted by molar-refractivity contribution is -0.178. The van der Waals surface area contributed by atoms with Crippen LogP contribution in [-0.4, -0.2) is 67.2 Å². The molecule has 25 heavy (non-hydrogen) atoms. The van der Waals surface area contributed by atoms with Gasteiger partial charge in [0.25, 0.3) is 0 Å². The molecule has 0 aromatic carbocycles. The van der Waals surface area contributed by atoms with E-state index in [1.165, 1.54) is 25.8 Å². The molecule has 3 atom stereocenters. The number of hydrogen-bond acceptors (Lipinski definition) is 4. The molecular formula is C18H37Cl2N3O2. The van der Waals surface area contributed by atoms with E-state index < -0.39 is 5.54 Å². The highest BCUT2D eigenvalue weighted by atomic mass is 35.5. The summed E-state index contributed by atoms with van der Waals surface area (Å²) in [7, 11) is 4.08. The lowest BCUT2D eigenvalue weighted by Crippen LogP contribution is -2.75. The van der Waals surface area contributed by atoms with Crippen LogP contribution in [0.2, 0.25) is 0 Å². The predicted octanol–water partition coefficient (Wildman–Crippen LogP) is 2.70. The maximum atomic E-state index is 12.9. The Hall–Kier alpha value is -0.0700. The summed E-state index contributed by atoms with van der Waals surface area (Å²) in [5, 5.41) is 0. The predicted molar refractivity (Wildman–Crippen MR) is 108 cm³/mol. The molecule has 0 radical (unpaired) electrons. The Balaban J connectivity index is 0.00000288. The number of rotatable bonds is 6. The zero-order valence-corrected chi connectivity index (χ0v) is 18.0. The molecule has 2 rings (SSSR count). The summed E-state index contributed by atoms with van der Waals surface area (Å²) in [6.07, 6.45) is 5.57. The second-order valence-corrected chi connectivity index (χ2v) is 7.99. The van der Waals surface area contributed by atoms with Gasteiger partial charge in [-0.1, -0.05) is 20.3 Å². The van der Waals surface area contributed by atoms with Crippen LogP contribution in [0.5, 0.6) is 0 Å². The number of likely N-dealkylation sites (tertiary alicyclic amines) is 1. The van der Waals surface area contributed by atoms with Crippen LogP contribution in [0, 0.1) is 5.41 Å². The van der Waals surface area contributed by atoms with Gasteiger partial charge in [-0.3, -0.25) is 4.79 Å². The Labute approximate surface area is 165 Å². The Kier molecular flexibility index (Phi) is 9.72. The van der Waals surface area contributed by atoms with Gasteiger partial charge in [0, 0.05) is 38.1 Å². The van der Waals surface area contributed by atoms with E-state index in [1.807, 2.05) is 18.9 Å². The second-order valence-electron chi connectivity index (χ2n) is 7.99. The first-order chi connectivity index (χ1) is 10.7. The molecule has 0 spiro atoms. The van der Waals surface area contributed by atoms with Gasteiger partial charge in [-0.25, -0.2) is 0 Å². The minimum atomic E-state index is -0.792. The van der Waals surface area contributed by atoms with Gasteiger partial charge in [-0.2, -0.15) is 0 Å². The molecule has 2 aliphatic rings. The third kappa shape index (κ3) is 4.81. The van der Waals surface area contributed by atoms with Crippen molar-refractivity contribution >= 4 is 30.7 Å². The number of carbonyl (C=O) groups is 1. The van der Waals surface area contributed by atoms with Crippen molar-refractivity contribution in [1.29, 1.82) is 0 Å². The average molecular weight is 398 g/mol. The molecule has 7 heteroatoms. The highest BCUT2D eigenvalue weighted by molar-refractivity contribution is 5.88. The van der Waals surface area contributed by atoms with Crippen LogP contribution in [0.15, 0.2) is 0 Å². The first-order valence-corrected chi connectivity index (χ1v) is 9.10. The molecule has 3 unspecified atom stereocenters. The first kappa shape index (κ1) is 24.9. The summed E-state index contributed by atoms with van der Waals surface area (Å²) in [6.45, 7) is 8.72. The molecule has 0 aromatic rings. The number of piperidine rings is 1. The maximum absolute atomic E-state index is 12.9. The van der Waals surface area contributed by atoms with Gasteiger partial charge in [-0.15, -0.1) is 24.8 Å². The van der Waals surface area contributed by atoms with E-state index in [0.717, 1.165) is 13.0 Å². The Morgan fingerprint density at radius 2 is 1.96 bits per heavy atom. The lowest BCUT2D eigenvalue weighted by Gasteiger charge is -2.58. The summed E-state index contributed by atoms with van der Waals surface area (Å²) in [5.41, 5.74) is 5.40. The molecule has 1 aliphatic heterocycles. The molecule has 150 valence electrons. The SMILES string of the molecule is CCOC1CC(N)(C(=O)N(C)CCC2CCCCN2C)C1(C)C.Cl.Cl. The van der Waals surface area contributed by atoms with Crippen LogP contribution in [0.25, 0.3) is 0 Å². The molecule has 1 saturated heterocycles. The number of nitrogens with two attached hydrogens (primary N) is 1. The van der Waals surface area contributed by atoms with Crippen molar-refractivity contribution in [2.75, 3.05) is 33.8 Å².